The lowest BCUT2D eigenvalue weighted by atomic mass is 9.68. The molecule has 2 saturated heterocycles. The van der Waals surface area contributed by atoms with Crippen LogP contribution >= 0.6 is 0 Å². The molecule has 0 radical (unpaired) electrons. The molecule has 2 heterocycles. The highest BCUT2D eigenvalue weighted by atomic mass is 16.6. The molecular formula is C11H12O5. The molecule has 2 aliphatic heterocycles. The fourth-order valence-corrected chi connectivity index (χ4v) is 3.15. The Bertz CT molecular complexity index is 388. The molecule has 3 rings (SSSR count). The van der Waals surface area contributed by atoms with Crippen LogP contribution in [0.3, 0.4) is 0 Å². The Morgan fingerprint density at radius 1 is 1.19 bits per heavy atom. The van der Waals surface area contributed by atoms with Gasteiger partial charge in [0.25, 0.3) is 0 Å². The van der Waals surface area contributed by atoms with E-state index in [-0.39, 0.29) is 17.8 Å². The lowest BCUT2D eigenvalue weighted by molar-refractivity contribution is -0.154. The molecule has 0 aromatic heterocycles. The van der Waals surface area contributed by atoms with Gasteiger partial charge in [-0.2, -0.15) is 0 Å². The number of carbonyl (C=O) groups excluding carboxylic acids is 2. The summed E-state index contributed by atoms with van der Waals surface area (Å²) in [6.07, 6.45) is 0.334. The summed E-state index contributed by atoms with van der Waals surface area (Å²) in [5, 5.41) is 9.65. The molecule has 3 fully saturated rings. The maximum atomic E-state index is 11.6. The van der Waals surface area contributed by atoms with Crippen LogP contribution in [0.15, 0.2) is 12.3 Å². The summed E-state index contributed by atoms with van der Waals surface area (Å²) in [4.78, 5) is 23.0. The maximum absolute atomic E-state index is 11.6. The molecule has 0 aromatic carbocycles. The van der Waals surface area contributed by atoms with Gasteiger partial charge >= 0.3 is 11.9 Å². The number of aliphatic hydroxyl groups is 1. The van der Waals surface area contributed by atoms with Crippen molar-refractivity contribution in [1.82, 2.24) is 0 Å². The average Bonchev–Trinajstić information content (AvgIpc) is 2.67. The van der Waals surface area contributed by atoms with E-state index in [1.165, 1.54) is 0 Å². The molecule has 4 unspecified atom stereocenters. The second kappa shape index (κ2) is 3.07. The zero-order valence-corrected chi connectivity index (χ0v) is 8.59. The van der Waals surface area contributed by atoms with E-state index in [1.807, 2.05) is 0 Å². The van der Waals surface area contributed by atoms with Gasteiger partial charge in [0, 0.05) is 11.8 Å². The van der Waals surface area contributed by atoms with Gasteiger partial charge in [-0.3, -0.25) is 9.59 Å². The van der Waals surface area contributed by atoms with Crippen LogP contribution in [-0.4, -0.2) is 23.3 Å². The monoisotopic (exact) mass is 224 g/mol. The van der Waals surface area contributed by atoms with Crippen molar-refractivity contribution >= 4 is 11.9 Å². The van der Waals surface area contributed by atoms with Crippen LogP contribution in [-0.2, 0) is 19.1 Å². The number of esters is 2. The van der Waals surface area contributed by atoms with Gasteiger partial charge in [-0.15, -0.1) is 0 Å². The number of hydrogen-bond donors (Lipinski definition) is 1. The number of allylic oxidation sites excluding steroid dienone is 1. The Labute approximate surface area is 92.0 Å². The molecule has 5 atom stereocenters. The van der Waals surface area contributed by atoms with Gasteiger partial charge in [0.15, 0.2) is 6.29 Å². The molecule has 1 saturated carbocycles. The molecule has 86 valence electrons. The van der Waals surface area contributed by atoms with Crippen LogP contribution in [0, 0.1) is 23.7 Å². The highest BCUT2D eigenvalue weighted by Gasteiger charge is 2.58. The third-order valence-electron chi connectivity index (χ3n) is 3.88. The molecule has 0 bridgehead atoms. The number of aliphatic hydroxyl groups excluding tert-OH is 1. The first-order chi connectivity index (χ1) is 7.59. The Hall–Kier alpha value is -1.36. The van der Waals surface area contributed by atoms with E-state index < -0.39 is 24.1 Å². The summed E-state index contributed by atoms with van der Waals surface area (Å²) in [6.45, 7) is 3.71. The quantitative estimate of drug-likeness (QED) is 0.469. The van der Waals surface area contributed by atoms with Crippen LogP contribution in [0.25, 0.3) is 0 Å². The van der Waals surface area contributed by atoms with Crippen LogP contribution in [0.2, 0.25) is 0 Å². The first-order valence-electron chi connectivity index (χ1n) is 5.38. The highest BCUT2D eigenvalue weighted by Crippen LogP contribution is 2.51. The molecule has 3 aliphatic rings. The summed E-state index contributed by atoms with van der Waals surface area (Å²) in [7, 11) is 0. The van der Waals surface area contributed by atoms with Gasteiger partial charge in [0.05, 0.1) is 17.6 Å². The third-order valence-corrected chi connectivity index (χ3v) is 3.88. The van der Waals surface area contributed by atoms with Crippen molar-refractivity contribution in [3.8, 4) is 0 Å². The van der Waals surface area contributed by atoms with Crippen molar-refractivity contribution in [2.75, 3.05) is 0 Å². The number of rotatable bonds is 0. The topological polar surface area (TPSA) is 72.8 Å². The van der Waals surface area contributed by atoms with Gasteiger partial charge in [-0.25, -0.2) is 0 Å². The minimum atomic E-state index is -0.901. The van der Waals surface area contributed by atoms with E-state index >= 15 is 0 Å². The summed E-state index contributed by atoms with van der Waals surface area (Å²) >= 11 is 0. The first-order valence-corrected chi connectivity index (χ1v) is 5.38. The fourth-order valence-electron chi connectivity index (χ4n) is 3.15. The first kappa shape index (κ1) is 9.84. The summed E-state index contributed by atoms with van der Waals surface area (Å²) < 4.78 is 9.79. The third kappa shape index (κ3) is 1.09. The molecule has 0 spiro atoms. The molecule has 5 heteroatoms. The van der Waals surface area contributed by atoms with Crippen LogP contribution in [0.5, 0.6) is 0 Å². The van der Waals surface area contributed by atoms with Crippen LogP contribution < -0.4 is 0 Å². The van der Waals surface area contributed by atoms with Gasteiger partial charge in [0.1, 0.15) is 0 Å². The normalized spacial score (nSPS) is 46.1. The van der Waals surface area contributed by atoms with Gasteiger partial charge in [0.2, 0.25) is 0 Å². The molecule has 5 nitrogen and oxygen atoms in total. The zero-order valence-electron chi connectivity index (χ0n) is 8.59. The molecule has 0 aromatic rings. The van der Waals surface area contributed by atoms with Gasteiger partial charge < -0.3 is 14.6 Å². The Morgan fingerprint density at radius 2 is 1.94 bits per heavy atom. The fraction of sp³-hybridized carbons (Fsp3) is 0.636. The molecule has 0 amide bonds. The lowest BCUT2D eigenvalue weighted by Crippen LogP contribution is -2.37. The summed E-state index contributed by atoms with van der Waals surface area (Å²) in [6, 6.07) is 0. The van der Waals surface area contributed by atoms with Crippen molar-refractivity contribution in [2.45, 2.75) is 19.1 Å². The smallest absolute Gasteiger partial charge is 0.318 e. The standard InChI is InChI=1S/C11H12O5/c1-4-7-5(9(12)15-4)2-3-6-8(7)11(14)16-10(6)13/h5-9,12H,1-3H2/t5?,6?,7?,8?,9-/m1/s1. The molecule has 1 aliphatic carbocycles. The molecule has 16 heavy (non-hydrogen) atoms. The van der Waals surface area contributed by atoms with E-state index in [0.29, 0.717) is 18.6 Å². The largest absolute Gasteiger partial charge is 0.469 e. The zero-order chi connectivity index (χ0) is 11.4. The van der Waals surface area contributed by atoms with Gasteiger partial charge in [-0.1, -0.05) is 6.58 Å². The van der Waals surface area contributed by atoms with Crippen molar-refractivity contribution in [3.05, 3.63) is 12.3 Å². The Balaban J connectivity index is 1.98. The van der Waals surface area contributed by atoms with E-state index in [4.69, 9.17) is 4.74 Å². The molecular weight excluding hydrogens is 212 g/mol. The number of hydrogen-bond acceptors (Lipinski definition) is 5. The summed E-state index contributed by atoms with van der Waals surface area (Å²) in [5.41, 5.74) is 0. The highest BCUT2D eigenvalue weighted by molar-refractivity contribution is 5.97. The van der Waals surface area contributed by atoms with Crippen molar-refractivity contribution in [2.24, 2.45) is 23.7 Å². The summed E-state index contributed by atoms with van der Waals surface area (Å²) in [5.74, 6) is -1.82. The lowest BCUT2D eigenvalue weighted by Gasteiger charge is -2.30. The van der Waals surface area contributed by atoms with Crippen LogP contribution in [0.1, 0.15) is 12.8 Å². The number of carbonyl (C=O) groups is 2. The Kier molecular flexibility index (Phi) is 1.89. The van der Waals surface area contributed by atoms with E-state index in [2.05, 4.69) is 11.3 Å². The van der Waals surface area contributed by atoms with E-state index in [9.17, 15) is 14.7 Å². The van der Waals surface area contributed by atoms with E-state index in [0.717, 1.165) is 0 Å². The van der Waals surface area contributed by atoms with E-state index in [1.54, 1.807) is 0 Å². The minimum Gasteiger partial charge on any atom is -0.469 e. The second-order valence-electron chi connectivity index (χ2n) is 4.61. The predicted molar refractivity (Wildman–Crippen MR) is 50.5 cm³/mol. The maximum Gasteiger partial charge on any atom is 0.318 e. The number of fused-ring (bicyclic) bond motifs is 3. The van der Waals surface area contributed by atoms with Crippen molar-refractivity contribution in [1.29, 1.82) is 0 Å². The van der Waals surface area contributed by atoms with Crippen molar-refractivity contribution in [3.63, 3.8) is 0 Å². The molecule has 1 N–H and O–H groups in total. The second-order valence-corrected chi connectivity index (χ2v) is 4.61. The minimum absolute atomic E-state index is 0.132. The predicted octanol–water partition coefficient (Wildman–Crippen LogP) is 0.191. The van der Waals surface area contributed by atoms with Crippen molar-refractivity contribution < 1.29 is 24.2 Å². The van der Waals surface area contributed by atoms with Crippen LogP contribution in [0.4, 0.5) is 0 Å². The number of cyclic esters (lactones) is 2. The average molecular weight is 224 g/mol. The Morgan fingerprint density at radius 3 is 2.69 bits per heavy atom. The number of ether oxygens (including phenoxy) is 2. The van der Waals surface area contributed by atoms with Gasteiger partial charge in [-0.05, 0) is 12.8 Å². The SMILES string of the molecule is C=C1O[C@@H](O)C2CCC3C(=O)OC(=O)C3C12.